The van der Waals surface area contributed by atoms with Gasteiger partial charge < -0.3 is 10.2 Å². The van der Waals surface area contributed by atoms with Gasteiger partial charge in [-0.2, -0.15) is 0 Å². The number of nitrogens with one attached hydrogen (secondary N) is 1. The third-order valence-electron chi connectivity index (χ3n) is 2.00. The van der Waals surface area contributed by atoms with Crippen molar-refractivity contribution < 1.29 is 0 Å². The molecule has 0 spiro atoms. The number of nitrogens with zero attached hydrogens (tertiary/aromatic N) is 3. The highest BCUT2D eigenvalue weighted by Crippen LogP contribution is 2.23. The average molecular weight is 273 g/mol. The Labute approximate surface area is 99.2 Å². The SMILES string of the molecule is CCc1nc(CN(C)C)nc(NC)c1Br. The number of anilines is 1. The lowest BCUT2D eigenvalue weighted by molar-refractivity contribution is 0.390. The Morgan fingerprint density at radius 1 is 1.33 bits per heavy atom. The van der Waals surface area contributed by atoms with Gasteiger partial charge in [-0.3, -0.25) is 0 Å². The minimum absolute atomic E-state index is 0.759. The first-order valence-corrected chi connectivity index (χ1v) is 5.75. The topological polar surface area (TPSA) is 41.1 Å². The van der Waals surface area contributed by atoms with E-state index in [-0.39, 0.29) is 0 Å². The molecular weight excluding hydrogens is 256 g/mol. The van der Waals surface area contributed by atoms with E-state index in [9.17, 15) is 0 Å². The molecule has 1 aromatic heterocycles. The monoisotopic (exact) mass is 272 g/mol. The Bertz CT molecular complexity index is 313. The smallest absolute Gasteiger partial charge is 0.145 e. The molecule has 84 valence electrons. The molecule has 4 nitrogen and oxygen atoms in total. The highest BCUT2D eigenvalue weighted by molar-refractivity contribution is 9.10. The highest BCUT2D eigenvalue weighted by atomic mass is 79.9. The Morgan fingerprint density at radius 3 is 2.47 bits per heavy atom. The van der Waals surface area contributed by atoms with Crippen LogP contribution < -0.4 is 5.32 Å². The van der Waals surface area contributed by atoms with Crippen LogP contribution in [0.25, 0.3) is 0 Å². The highest BCUT2D eigenvalue weighted by Gasteiger charge is 2.10. The van der Waals surface area contributed by atoms with Crippen LogP contribution in [0.1, 0.15) is 18.4 Å². The molecule has 1 aromatic rings. The molecule has 0 amide bonds. The molecule has 15 heavy (non-hydrogen) atoms. The van der Waals surface area contributed by atoms with Crippen LogP contribution in [-0.2, 0) is 13.0 Å². The van der Waals surface area contributed by atoms with Gasteiger partial charge in [0.25, 0.3) is 0 Å². The maximum absolute atomic E-state index is 4.50. The van der Waals surface area contributed by atoms with Gasteiger partial charge in [0.1, 0.15) is 11.6 Å². The Balaban J connectivity index is 3.09. The number of hydrogen-bond acceptors (Lipinski definition) is 4. The maximum atomic E-state index is 4.50. The molecule has 0 saturated heterocycles. The number of aromatic nitrogens is 2. The van der Waals surface area contributed by atoms with Gasteiger partial charge in [0.05, 0.1) is 16.7 Å². The van der Waals surface area contributed by atoms with Crippen molar-refractivity contribution in [3.63, 3.8) is 0 Å². The minimum atomic E-state index is 0.759. The normalized spacial score (nSPS) is 10.8. The van der Waals surface area contributed by atoms with E-state index in [1.165, 1.54) is 0 Å². The molecule has 1 heterocycles. The molecule has 0 bridgehead atoms. The third-order valence-corrected chi connectivity index (χ3v) is 2.83. The van der Waals surface area contributed by atoms with E-state index < -0.39 is 0 Å². The number of halogens is 1. The molecule has 1 rings (SSSR count). The lowest BCUT2D eigenvalue weighted by Gasteiger charge is -2.12. The van der Waals surface area contributed by atoms with Crippen molar-refractivity contribution in [3.05, 3.63) is 16.0 Å². The fourth-order valence-electron chi connectivity index (χ4n) is 1.30. The summed E-state index contributed by atoms with van der Waals surface area (Å²) >= 11 is 3.50. The van der Waals surface area contributed by atoms with Crippen LogP contribution in [0.15, 0.2) is 4.47 Å². The molecule has 0 saturated carbocycles. The van der Waals surface area contributed by atoms with E-state index in [1.54, 1.807) is 0 Å². The third kappa shape index (κ3) is 3.14. The summed E-state index contributed by atoms with van der Waals surface area (Å²) in [5, 5.41) is 3.07. The van der Waals surface area contributed by atoms with Crippen molar-refractivity contribution in [2.24, 2.45) is 0 Å². The first-order valence-electron chi connectivity index (χ1n) is 4.96. The minimum Gasteiger partial charge on any atom is -0.372 e. The van der Waals surface area contributed by atoms with Crippen molar-refractivity contribution in [1.82, 2.24) is 14.9 Å². The first kappa shape index (κ1) is 12.4. The van der Waals surface area contributed by atoms with Crippen molar-refractivity contribution >= 4 is 21.7 Å². The van der Waals surface area contributed by atoms with Crippen molar-refractivity contribution in [2.45, 2.75) is 19.9 Å². The van der Waals surface area contributed by atoms with Gasteiger partial charge >= 0.3 is 0 Å². The van der Waals surface area contributed by atoms with E-state index in [0.717, 1.165) is 34.8 Å². The summed E-state index contributed by atoms with van der Waals surface area (Å²) in [6.07, 6.45) is 0.901. The summed E-state index contributed by atoms with van der Waals surface area (Å²) in [7, 11) is 5.89. The van der Waals surface area contributed by atoms with Gasteiger partial charge in [0.15, 0.2) is 0 Å². The average Bonchev–Trinajstić information content (AvgIpc) is 2.19. The number of aryl methyl sites for hydroxylation is 1. The number of rotatable bonds is 4. The van der Waals surface area contributed by atoms with Crippen LogP contribution in [-0.4, -0.2) is 36.0 Å². The van der Waals surface area contributed by atoms with Crippen molar-refractivity contribution in [2.75, 3.05) is 26.5 Å². The zero-order chi connectivity index (χ0) is 11.4. The quantitative estimate of drug-likeness (QED) is 0.909. The van der Waals surface area contributed by atoms with Crippen molar-refractivity contribution in [3.8, 4) is 0 Å². The molecule has 5 heteroatoms. The van der Waals surface area contributed by atoms with E-state index in [2.05, 4.69) is 43.0 Å². The molecular formula is C10H17BrN4. The van der Waals surface area contributed by atoms with Gasteiger partial charge in [-0.05, 0) is 36.4 Å². The Hall–Kier alpha value is -0.680. The second-order valence-corrected chi connectivity index (χ2v) is 4.38. The molecule has 0 atom stereocenters. The summed E-state index contributed by atoms with van der Waals surface area (Å²) in [5.41, 5.74) is 1.05. The zero-order valence-corrected chi connectivity index (χ0v) is 11.2. The van der Waals surface area contributed by atoms with Crippen LogP contribution in [0.3, 0.4) is 0 Å². The van der Waals surface area contributed by atoms with Gasteiger partial charge in [0.2, 0.25) is 0 Å². The predicted molar refractivity (Wildman–Crippen MR) is 66.0 cm³/mol. The fraction of sp³-hybridized carbons (Fsp3) is 0.600. The van der Waals surface area contributed by atoms with E-state index in [4.69, 9.17) is 0 Å². The van der Waals surface area contributed by atoms with Crippen LogP contribution in [0.4, 0.5) is 5.82 Å². The molecule has 1 N–H and O–H groups in total. The summed E-state index contributed by atoms with van der Waals surface area (Å²) in [4.78, 5) is 11.0. The van der Waals surface area contributed by atoms with Gasteiger partial charge in [-0.15, -0.1) is 0 Å². The van der Waals surface area contributed by atoms with Crippen LogP contribution in [0, 0.1) is 0 Å². The lowest BCUT2D eigenvalue weighted by Crippen LogP contribution is -2.15. The van der Waals surface area contributed by atoms with Gasteiger partial charge in [-0.25, -0.2) is 9.97 Å². The van der Waals surface area contributed by atoms with Crippen LogP contribution >= 0.6 is 15.9 Å². The van der Waals surface area contributed by atoms with Gasteiger partial charge in [0, 0.05) is 7.05 Å². The summed E-state index contributed by atoms with van der Waals surface area (Å²) in [5.74, 6) is 1.71. The molecule has 0 aliphatic heterocycles. The summed E-state index contributed by atoms with van der Waals surface area (Å²) < 4.78 is 0.968. The van der Waals surface area contributed by atoms with E-state index >= 15 is 0 Å². The largest absolute Gasteiger partial charge is 0.372 e. The maximum Gasteiger partial charge on any atom is 0.145 e. The molecule has 0 aliphatic carbocycles. The first-order chi connectivity index (χ1) is 7.08. The second kappa shape index (κ2) is 5.42. The molecule has 0 unspecified atom stereocenters. The molecule has 0 aliphatic rings. The standard InChI is InChI=1S/C10H17BrN4/c1-5-7-9(11)10(12-2)14-8(13-7)6-15(3)4/h5-6H2,1-4H3,(H,12,13,14). The Morgan fingerprint density at radius 2 is 2.00 bits per heavy atom. The fourth-order valence-corrected chi connectivity index (χ4v) is 1.95. The van der Waals surface area contributed by atoms with Gasteiger partial charge in [-0.1, -0.05) is 6.92 Å². The number of hydrogen-bond donors (Lipinski definition) is 1. The summed E-state index contributed by atoms with van der Waals surface area (Å²) in [6.45, 7) is 2.85. The Kier molecular flexibility index (Phi) is 4.47. The predicted octanol–water partition coefficient (Wildman–Crippen LogP) is 1.90. The lowest BCUT2D eigenvalue weighted by atomic mass is 10.3. The van der Waals surface area contributed by atoms with E-state index in [1.807, 2.05) is 21.1 Å². The summed E-state index contributed by atoms with van der Waals surface area (Å²) in [6, 6.07) is 0. The molecule has 0 radical (unpaired) electrons. The molecule has 0 fully saturated rings. The molecule has 0 aromatic carbocycles. The van der Waals surface area contributed by atoms with E-state index in [0.29, 0.717) is 0 Å². The zero-order valence-electron chi connectivity index (χ0n) is 9.63. The second-order valence-electron chi connectivity index (χ2n) is 3.59. The van der Waals surface area contributed by atoms with Crippen LogP contribution in [0.5, 0.6) is 0 Å². The van der Waals surface area contributed by atoms with Crippen molar-refractivity contribution in [1.29, 1.82) is 0 Å². The van der Waals surface area contributed by atoms with Crippen LogP contribution in [0.2, 0.25) is 0 Å².